The Morgan fingerprint density at radius 2 is 2.00 bits per heavy atom. The van der Waals surface area contributed by atoms with Gasteiger partial charge in [-0.1, -0.05) is 6.07 Å². The Bertz CT molecular complexity index is 827. The van der Waals surface area contributed by atoms with Gasteiger partial charge in [0.2, 0.25) is 21.8 Å². The van der Waals surface area contributed by atoms with Crippen molar-refractivity contribution in [2.24, 2.45) is 11.7 Å². The van der Waals surface area contributed by atoms with Crippen LogP contribution in [0.3, 0.4) is 0 Å². The molecule has 2 fully saturated rings. The van der Waals surface area contributed by atoms with E-state index in [0.29, 0.717) is 43.9 Å². The molecule has 0 radical (unpaired) electrons. The first-order chi connectivity index (χ1) is 13.3. The second-order valence-electron chi connectivity index (χ2n) is 7.49. The van der Waals surface area contributed by atoms with Crippen molar-refractivity contribution < 1.29 is 18.0 Å². The summed E-state index contributed by atoms with van der Waals surface area (Å²) in [5.41, 5.74) is 6.39. The fraction of sp³-hybridized carbons (Fsp3) is 0.579. The molecule has 0 bridgehead atoms. The highest BCUT2D eigenvalue weighted by atomic mass is 32.2. The van der Waals surface area contributed by atoms with E-state index in [2.05, 4.69) is 10.2 Å². The maximum Gasteiger partial charge on any atom is 0.235 e. The number of nitrogens with zero attached hydrogens (tertiary/aromatic N) is 2. The van der Waals surface area contributed by atoms with Crippen molar-refractivity contribution >= 4 is 33.2 Å². The third-order valence-electron chi connectivity index (χ3n) is 5.30. The number of carbonyl (C=O) groups is 2. The van der Waals surface area contributed by atoms with Gasteiger partial charge in [0.1, 0.15) is 0 Å². The lowest BCUT2D eigenvalue weighted by atomic mass is 9.97. The van der Waals surface area contributed by atoms with Crippen LogP contribution in [0.25, 0.3) is 0 Å². The first kappa shape index (κ1) is 20.6. The Morgan fingerprint density at radius 3 is 2.75 bits per heavy atom. The van der Waals surface area contributed by atoms with Crippen LogP contribution in [0.5, 0.6) is 0 Å². The lowest BCUT2D eigenvalue weighted by Crippen LogP contribution is -2.41. The van der Waals surface area contributed by atoms with Gasteiger partial charge < -0.3 is 16.0 Å². The van der Waals surface area contributed by atoms with Crippen LogP contribution >= 0.6 is 0 Å². The van der Waals surface area contributed by atoms with Crippen LogP contribution in [0, 0.1) is 5.92 Å². The molecule has 3 rings (SSSR count). The lowest BCUT2D eigenvalue weighted by molar-refractivity contribution is -0.121. The zero-order chi connectivity index (χ0) is 20.1. The van der Waals surface area contributed by atoms with Crippen LogP contribution in [-0.4, -0.2) is 57.1 Å². The zero-order valence-corrected chi connectivity index (χ0v) is 16.8. The minimum absolute atomic E-state index is 0.0811. The van der Waals surface area contributed by atoms with Crippen molar-refractivity contribution in [2.75, 3.05) is 41.6 Å². The molecule has 154 valence electrons. The van der Waals surface area contributed by atoms with E-state index in [0.717, 1.165) is 25.8 Å². The summed E-state index contributed by atoms with van der Waals surface area (Å²) in [6, 6.07) is 7.00. The highest BCUT2D eigenvalue weighted by molar-refractivity contribution is 7.92. The Morgan fingerprint density at radius 1 is 1.18 bits per heavy atom. The molecule has 0 aromatic heterocycles. The van der Waals surface area contributed by atoms with E-state index in [4.69, 9.17) is 5.73 Å². The average Bonchev–Trinajstić information content (AvgIpc) is 2.66. The molecule has 2 amide bonds. The smallest absolute Gasteiger partial charge is 0.235 e. The molecule has 0 saturated carbocycles. The van der Waals surface area contributed by atoms with Crippen LogP contribution < -0.4 is 15.4 Å². The number of anilines is 2. The first-order valence-electron chi connectivity index (χ1n) is 9.77. The molecule has 3 N–H and O–H groups in total. The van der Waals surface area contributed by atoms with Crippen LogP contribution in [0.15, 0.2) is 24.3 Å². The fourth-order valence-electron chi connectivity index (χ4n) is 3.80. The second-order valence-corrected chi connectivity index (χ2v) is 9.50. The molecule has 28 heavy (non-hydrogen) atoms. The molecule has 1 atom stereocenters. The van der Waals surface area contributed by atoms with Gasteiger partial charge in [-0.2, -0.15) is 0 Å². The summed E-state index contributed by atoms with van der Waals surface area (Å²) in [4.78, 5) is 25.8. The van der Waals surface area contributed by atoms with Crippen LogP contribution in [0.4, 0.5) is 11.4 Å². The predicted molar refractivity (Wildman–Crippen MR) is 108 cm³/mol. The topological polar surface area (TPSA) is 113 Å². The van der Waals surface area contributed by atoms with E-state index < -0.39 is 10.0 Å². The Hall–Kier alpha value is -2.13. The van der Waals surface area contributed by atoms with Crippen molar-refractivity contribution in [1.29, 1.82) is 0 Å². The molecule has 0 aliphatic carbocycles. The van der Waals surface area contributed by atoms with Gasteiger partial charge in [0.15, 0.2) is 0 Å². The summed E-state index contributed by atoms with van der Waals surface area (Å²) in [5.74, 6) is -0.422. The number of primary amides is 1. The van der Waals surface area contributed by atoms with E-state index in [-0.39, 0.29) is 23.5 Å². The number of rotatable bonds is 6. The number of benzene rings is 1. The zero-order valence-electron chi connectivity index (χ0n) is 16.0. The maximum absolute atomic E-state index is 12.7. The van der Waals surface area contributed by atoms with E-state index in [1.54, 1.807) is 24.3 Å². The van der Waals surface area contributed by atoms with Gasteiger partial charge in [0.05, 0.1) is 17.4 Å². The molecule has 1 aromatic carbocycles. The fourth-order valence-corrected chi connectivity index (χ4v) is 5.43. The minimum Gasteiger partial charge on any atom is -0.370 e. The number of carbonyl (C=O) groups excluding carboxylic acids is 2. The number of hydrogen-bond acceptors (Lipinski definition) is 5. The Kier molecular flexibility index (Phi) is 6.56. The van der Waals surface area contributed by atoms with E-state index in [1.165, 1.54) is 4.31 Å². The monoisotopic (exact) mass is 408 g/mol. The van der Waals surface area contributed by atoms with Gasteiger partial charge in [-0.3, -0.25) is 13.9 Å². The van der Waals surface area contributed by atoms with Crippen molar-refractivity contribution in [3.8, 4) is 0 Å². The van der Waals surface area contributed by atoms with Gasteiger partial charge in [-0.15, -0.1) is 0 Å². The Balaban J connectivity index is 1.63. The summed E-state index contributed by atoms with van der Waals surface area (Å²) in [7, 11) is -3.29. The standard InChI is InChI=1S/C19H28N4O4S/c20-18(24)8-11-22-9-4-5-15(14-22)19(25)21-16-6-3-7-17(13-16)23-10-1-2-12-28(23,26)27/h3,6-7,13,15H,1-2,4-5,8-12,14H2,(H2,20,24)(H,21,25)/t15-/m0/s1. The van der Waals surface area contributed by atoms with Crippen molar-refractivity contribution in [1.82, 2.24) is 4.90 Å². The highest BCUT2D eigenvalue weighted by Gasteiger charge is 2.28. The van der Waals surface area contributed by atoms with Crippen LogP contribution in [-0.2, 0) is 19.6 Å². The summed E-state index contributed by atoms with van der Waals surface area (Å²) < 4.78 is 26.0. The molecule has 2 aliphatic heterocycles. The van der Waals surface area contributed by atoms with E-state index >= 15 is 0 Å². The number of nitrogens with two attached hydrogens (primary N) is 1. The third kappa shape index (κ3) is 5.23. The van der Waals surface area contributed by atoms with Gasteiger partial charge >= 0.3 is 0 Å². The SMILES string of the molecule is NC(=O)CCN1CCC[C@H](C(=O)Nc2cccc(N3CCCCS3(=O)=O)c2)C1. The van der Waals surface area contributed by atoms with Crippen LogP contribution in [0.1, 0.15) is 32.1 Å². The number of likely N-dealkylation sites (tertiary alicyclic amines) is 1. The molecular weight excluding hydrogens is 380 g/mol. The second kappa shape index (κ2) is 8.91. The number of amides is 2. The molecule has 2 saturated heterocycles. The quantitative estimate of drug-likeness (QED) is 0.733. The van der Waals surface area contributed by atoms with Crippen molar-refractivity contribution in [3.63, 3.8) is 0 Å². The Labute approximate surface area is 166 Å². The lowest BCUT2D eigenvalue weighted by Gasteiger charge is -2.32. The molecule has 0 unspecified atom stereocenters. The largest absolute Gasteiger partial charge is 0.370 e. The predicted octanol–water partition coefficient (Wildman–Crippen LogP) is 1.14. The van der Waals surface area contributed by atoms with Crippen molar-refractivity contribution in [3.05, 3.63) is 24.3 Å². The summed E-state index contributed by atoms with van der Waals surface area (Å²) in [5, 5.41) is 2.93. The molecule has 1 aromatic rings. The van der Waals surface area contributed by atoms with Gasteiger partial charge in [0.25, 0.3) is 0 Å². The summed E-state index contributed by atoms with van der Waals surface area (Å²) >= 11 is 0. The maximum atomic E-state index is 12.7. The molecule has 2 aliphatic rings. The van der Waals surface area contributed by atoms with Crippen LogP contribution in [0.2, 0.25) is 0 Å². The average molecular weight is 409 g/mol. The third-order valence-corrected chi connectivity index (χ3v) is 7.17. The summed E-state index contributed by atoms with van der Waals surface area (Å²) in [6.45, 7) is 2.50. The summed E-state index contributed by atoms with van der Waals surface area (Å²) in [6.07, 6.45) is 3.49. The normalized spacial score (nSPS) is 22.6. The molecule has 8 nitrogen and oxygen atoms in total. The minimum atomic E-state index is -3.29. The van der Waals surface area contributed by atoms with Crippen molar-refractivity contribution in [2.45, 2.75) is 32.1 Å². The first-order valence-corrected chi connectivity index (χ1v) is 11.4. The number of sulfonamides is 1. The molecule has 2 heterocycles. The van der Waals surface area contributed by atoms with E-state index in [1.807, 2.05) is 0 Å². The van der Waals surface area contributed by atoms with Gasteiger partial charge in [-0.25, -0.2) is 8.42 Å². The van der Waals surface area contributed by atoms with E-state index in [9.17, 15) is 18.0 Å². The molecule has 9 heteroatoms. The molecular formula is C19H28N4O4S. The number of hydrogen-bond donors (Lipinski definition) is 2. The molecule has 0 spiro atoms. The van der Waals surface area contributed by atoms with Gasteiger partial charge in [-0.05, 0) is 50.4 Å². The number of nitrogens with one attached hydrogen (secondary N) is 1. The number of piperidine rings is 1. The van der Waals surface area contributed by atoms with Gasteiger partial charge in [0, 0.05) is 31.7 Å². The highest BCUT2D eigenvalue weighted by Crippen LogP contribution is 2.27.